The van der Waals surface area contributed by atoms with Crippen LogP contribution in [0.3, 0.4) is 0 Å². The van der Waals surface area contributed by atoms with E-state index in [0.29, 0.717) is 11.5 Å². The van der Waals surface area contributed by atoms with Crippen LogP contribution in [0.1, 0.15) is 11.5 Å². The fourth-order valence-corrected chi connectivity index (χ4v) is 0.976. The summed E-state index contributed by atoms with van der Waals surface area (Å²) in [6.07, 6.45) is -0.632. The Hall–Kier alpha value is -1.36. The zero-order chi connectivity index (χ0) is 9.84. The van der Waals surface area contributed by atoms with Gasteiger partial charge in [-0.05, 0) is 6.92 Å². The lowest BCUT2D eigenvalue weighted by atomic mass is 10.2. The van der Waals surface area contributed by atoms with Crippen LogP contribution in [0.4, 0.5) is 0 Å². The van der Waals surface area contributed by atoms with Gasteiger partial charge in [0.15, 0.2) is 6.10 Å². The summed E-state index contributed by atoms with van der Waals surface area (Å²) in [6.45, 7) is 1.75. The number of aryl methyl sites for hydroxylation is 1. The molecule has 1 unspecified atom stereocenters. The standard InChI is InChI=1S/C8H11NO4/c1-5-3-6(9-13-5)4-7(12-2)8(10)11/h3,7H,4H2,1-2H3,(H,10,11). The number of carbonyl (C=O) groups is 1. The Bertz CT molecular complexity index is 294. The van der Waals surface area contributed by atoms with Crippen LogP contribution < -0.4 is 0 Å². The van der Waals surface area contributed by atoms with Crippen molar-refractivity contribution in [1.82, 2.24) is 5.16 Å². The zero-order valence-electron chi connectivity index (χ0n) is 7.48. The van der Waals surface area contributed by atoms with Gasteiger partial charge < -0.3 is 14.4 Å². The lowest BCUT2D eigenvalue weighted by molar-refractivity contribution is -0.148. The van der Waals surface area contributed by atoms with E-state index in [9.17, 15) is 4.79 Å². The van der Waals surface area contributed by atoms with E-state index in [1.165, 1.54) is 7.11 Å². The quantitative estimate of drug-likeness (QED) is 0.744. The van der Waals surface area contributed by atoms with Crippen LogP contribution in [-0.2, 0) is 16.0 Å². The minimum Gasteiger partial charge on any atom is -0.479 e. The molecule has 0 aliphatic heterocycles. The number of aliphatic carboxylic acids is 1. The molecule has 0 spiro atoms. The maximum Gasteiger partial charge on any atom is 0.333 e. The number of hydrogen-bond donors (Lipinski definition) is 1. The third kappa shape index (κ3) is 2.55. The van der Waals surface area contributed by atoms with Gasteiger partial charge in [-0.2, -0.15) is 0 Å². The van der Waals surface area contributed by atoms with Gasteiger partial charge in [-0.25, -0.2) is 4.79 Å². The third-order valence-corrected chi connectivity index (χ3v) is 1.63. The normalized spacial score (nSPS) is 12.8. The number of carboxylic acid groups (broad SMARTS) is 1. The monoisotopic (exact) mass is 185 g/mol. The number of hydrogen-bond acceptors (Lipinski definition) is 4. The molecule has 0 aromatic carbocycles. The molecule has 0 fully saturated rings. The highest BCUT2D eigenvalue weighted by molar-refractivity contribution is 5.72. The van der Waals surface area contributed by atoms with Crippen LogP contribution in [0, 0.1) is 6.92 Å². The predicted octanol–water partition coefficient (Wildman–Crippen LogP) is 0.625. The molecule has 13 heavy (non-hydrogen) atoms. The van der Waals surface area contributed by atoms with Crippen LogP contribution in [0.5, 0.6) is 0 Å². The van der Waals surface area contributed by atoms with E-state index in [1.54, 1.807) is 13.0 Å². The van der Waals surface area contributed by atoms with Gasteiger partial charge in [0.2, 0.25) is 0 Å². The van der Waals surface area contributed by atoms with E-state index in [-0.39, 0.29) is 6.42 Å². The van der Waals surface area contributed by atoms with E-state index in [4.69, 9.17) is 14.4 Å². The molecule has 0 radical (unpaired) electrons. The van der Waals surface area contributed by atoms with Gasteiger partial charge in [-0.3, -0.25) is 0 Å². The van der Waals surface area contributed by atoms with Crippen molar-refractivity contribution >= 4 is 5.97 Å². The van der Waals surface area contributed by atoms with E-state index >= 15 is 0 Å². The van der Waals surface area contributed by atoms with E-state index in [0.717, 1.165) is 0 Å². The summed E-state index contributed by atoms with van der Waals surface area (Å²) in [5.41, 5.74) is 0.590. The van der Waals surface area contributed by atoms with Gasteiger partial charge in [-0.15, -0.1) is 0 Å². The summed E-state index contributed by atoms with van der Waals surface area (Å²) >= 11 is 0. The smallest absolute Gasteiger partial charge is 0.333 e. The molecule has 1 N–H and O–H groups in total. The van der Waals surface area contributed by atoms with Crippen LogP contribution in [0.2, 0.25) is 0 Å². The van der Waals surface area contributed by atoms with Gasteiger partial charge in [0, 0.05) is 19.6 Å². The number of ether oxygens (including phenoxy) is 1. The van der Waals surface area contributed by atoms with Crippen molar-refractivity contribution in [2.24, 2.45) is 0 Å². The van der Waals surface area contributed by atoms with E-state index in [1.807, 2.05) is 0 Å². The van der Waals surface area contributed by atoms with Crippen molar-refractivity contribution in [3.8, 4) is 0 Å². The van der Waals surface area contributed by atoms with Crippen molar-refractivity contribution in [1.29, 1.82) is 0 Å². The number of methoxy groups -OCH3 is 1. The predicted molar refractivity (Wildman–Crippen MR) is 43.4 cm³/mol. The summed E-state index contributed by atoms with van der Waals surface area (Å²) in [5.74, 6) is -0.335. The Morgan fingerprint density at radius 1 is 1.85 bits per heavy atom. The molecular weight excluding hydrogens is 174 g/mol. The Morgan fingerprint density at radius 3 is 2.92 bits per heavy atom. The van der Waals surface area contributed by atoms with Crippen LogP contribution in [0.15, 0.2) is 10.6 Å². The highest BCUT2D eigenvalue weighted by atomic mass is 16.5. The third-order valence-electron chi connectivity index (χ3n) is 1.63. The van der Waals surface area contributed by atoms with Gasteiger partial charge in [0.1, 0.15) is 5.76 Å². The van der Waals surface area contributed by atoms with E-state index < -0.39 is 12.1 Å². The first-order chi connectivity index (χ1) is 6.13. The molecule has 72 valence electrons. The summed E-state index contributed by atoms with van der Waals surface area (Å²) in [7, 11) is 1.35. The summed E-state index contributed by atoms with van der Waals surface area (Å²) in [4.78, 5) is 10.6. The molecule has 0 saturated heterocycles. The first-order valence-corrected chi connectivity index (χ1v) is 3.81. The number of carboxylic acids is 1. The summed E-state index contributed by atoms with van der Waals surface area (Å²) in [6, 6.07) is 1.69. The lowest BCUT2D eigenvalue weighted by Crippen LogP contribution is -2.24. The molecule has 0 amide bonds. The molecule has 1 rings (SSSR count). The molecule has 1 atom stereocenters. The molecule has 0 aliphatic rings. The van der Waals surface area contributed by atoms with Crippen molar-refractivity contribution in [3.63, 3.8) is 0 Å². The number of nitrogens with zero attached hydrogens (tertiary/aromatic N) is 1. The first kappa shape index (κ1) is 9.73. The molecule has 0 bridgehead atoms. The molecule has 1 aromatic rings. The van der Waals surface area contributed by atoms with Gasteiger partial charge in [0.25, 0.3) is 0 Å². The van der Waals surface area contributed by atoms with E-state index in [2.05, 4.69) is 5.16 Å². The van der Waals surface area contributed by atoms with Crippen molar-refractivity contribution in [2.75, 3.05) is 7.11 Å². The average molecular weight is 185 g/mol. The molecule has 0 aliphatic carbocycles. The topological polar surface area (TPSA) is 72.6 Å². The Kier molecular flexibility index (Phi) is 3.02. The van der Waals surface area contributed by atoms with Crippen LogP contribution in [-0.4, -0.2) is 29.4 Å². The van der Waals surface area contributed by atoms with Crippen molar-refractivity contribution < 1.29 is 19.2 Å². The first-order valence-electron chi connectivity index (χ1n) is 3.81. The summed E-state index contributed by atoms with van der Waals surface area (Å²) in [5, 5.41) is 12.3. The highest BCUT2D eigenvalue weighted by Gasteiger charge is 2.18. The Labute approximate surface area is 75.3 Å². The molecule has 5 nitrogen and oxygen atoms in total. The molecule has 5 heteroatoms. The molecular formula is C8H11NO4. The Balaban J connectivity index is 2.61. The van der Waals surface area contributed by atoms with Crippen molar-refractivity contribution in [2.45, 2.75) is 19.4 Å². The maximum atomic E-state index is 10.6. The highest BCUT2D eigenvalue weighted by Crippen LogP contribution is 2.06. The molecule has 0 saturated carbocycles. The van der Waals surface area contributed by atoms with Crippen molar-refractivity contribution in [3.05, 3.63) is 17.5 Å². The average Bonchev–Trinajstić information content (AvgIpc) is 2.46. The van der Waals surface area contributed by atoms with Crippen LogP contribution in [0.25, 0.3) is 0 Å². The lowest BCUT2D eigenvalue weighted by Gasteiger charge is -2.06. The number of aromatic nitrogens is 1. The fraction of sp³-hybridized carbons (Fsp3) is 0.500. The summed E-state index contributed by atoms with van der Waals surface area (Å²) < 4.78 is 9.53. The molecule has 1 heterocycles. The molecule has 1 aromatic heterocycles. The van der Waals surface area contributed by atoms with Gasteiger partial charge >= 0.3 is 5.97 Å². The second-order valence-electron chi connectivity index (χ2n) is 2.70. The minimum atomic E-state index is -0.997. The van der Waals surface area contributed by atoms with Crippen LogP contribution >= 0.6 is 0 Å². The fourth-order valence-electron chi connectivity index (χ4n) is 0.976. The van der Waals surface area contributed by atoms with Gasteiger partial charge in [-0.1, -0.05) is 5.16 Å². The maximum absolute atomic E-state index is 10.6. The second kappa shape index (κ2) is 4.04. The second-order valence-corrected chi connectivity index (χ2v) is 2.70. The van der Waals surface area contributed by atoms with Gasteiger partial charge in [0.05, 0.1) is 5.69 Å². The largest absolute Gasteiger partial charge is 0.479 e. The number of rotatable bonds is 4. The SMILES string of the molecule is COC(Cc1cc(C)on1)C(=O)O. The minimum absolute atomic E-state index is 0.225. The Morgan fingerprint density at radius 2 is 2.54 bits per heavy atom. The zero-order valence-corrected chi connectivity index (χ0v) is 7.48.